The average molecular weight is 282 g/mol. The van der Waals surface area contributed by atoms with Gasteiger partial charge >= 0.3 is 0 Å². The van der Waals surface area contributed by atoms with Crippen LogP contribution in [0.25, 0.3) is 10.4 Å². The van der Waals surface area contributed by atoms with Gasteiger partial charge in [-0.05, 0) is 17.7 Å². The Balaban J connectivity index is 1.84. The van der Waals surface area contributed by atoms with E-state index in [4.69, 9.17) is 4.74 Å². The van der Waals surface area contributed by atoms with Gasteiger partial charge in [0.2, 0.25) is 0 Å². The number of benzene rings is 2. The number of nitrogens with one attached hydrogen (secondary N) is 1. The first kappa shape index (κ1) is 12.7. The minimum absolute atomic E-state index is 0.809. The molecule has 3 rings (SSSR count). The molecule has 0 atom stereocenters. The van der Waals surface area contributed by atoms with Gasteiger partial charge in [-0.25, -0.2) is 4.98 Å². The number of aromatic nitrogens is 1. The second-order valence-electron chi connectivity index (χ2n) is 4.22. The van der Waals surface area contributed by atoms with Gasteiger partial charge in [-0.1, -0.05) is 53.8 Å². The Hall–Kier alpha value is -2.33. The third kappa shape index (κ3) is 2.65. The van der Waals surface area contributed by atoms with Crippen LogP contribution in [0.3, 0.4) is 0 Å². The van der Waals surface area contributed by atoms with E-state index in [9.17, 15) is 0 Å². The van der Waals surface area contributed by atoms with E-state index in [-0.39, 0.29) is 0 Å². The molecule has 1 N–H and O–H groups in total. The van der Waals surface area contributed by atoms with Crippen LogP contribution in [0.4, 0.5) is 10.8 Å². The molecule has 4 heteroatoms. The van der Waals surface area contributed by atoms with Crippen molar-refractivity contribution in [3.05, 3.63) is 60.8 Å². The first-order valence-electron chi connectivity index (χ1n) is 6.28. The predicted molar refractivity (Wildman–Crippen MR) is 83.8 cm³/mol. The highest BCUT2D eigenvalue weighted by Crippen LogP contribution is 2.33. The summed E-state index contributed by atoms with van der Waals surface area (Å²) in [5, 5.41) is 4.15. The number of methoxy groups -OCH3 is 1. The fraction of sp³-hybridized carbons (Fsp3) is 0.0625. The number of nitrogens with zero attached hydrogens (tertiary/aromatic N) is 1. The van der Waals surface area contributed by atoms with Gasteiger partial charge in [0.15, 0.2) is 5.13 Å². The second kappa shape index (κ2) is 5.75. The number of ether oxygens (including phenoxy) is 1. The topological polar surface area (TPSA) is 34.1 Å². The minimum atomic E-state index is 0.809. The molecule has 3 nitrogen and oxygen atoms in total. The third-order valence-electron chi connectivity index (χ3n) is 2.91. The van der Waals surface area contributed by atoms with Crippen LogP contribution in [0.2, 0.25) is 0 Å². The van der Waals surface area contributed by atoms with Crippen molar-refractivity contribution in [2.75, 3.05) is 12.4 Å². The molecule has 0 fully saturated rings. The fourth-order valence-electron chi connectivity index (χ4n) is 1.93. The van der Waals surface area contributed by atoms with E-state index in [2.05, 4.69) is 22.4 Å². The van der Waals surface area contributed by atoms with Crippen molar-refractivity contribution in [2.45, 2.75) is 0 Å². The molecule has 0 spiro atoms. The molecule has 1 aromatic heterocycles. The summed E-state index contributed by atoms with van der Waals surface area (Å²) >= 11 is 1.62. The van der Waals surface area contributed by atoms with E-state index >= 15 is 0 Å². The molecule has 0 aliphatic carbocycles. The molecular formula is C16H14N2OS. The molecule has 1 heterocycles. The molecule has 100 valence electrons. The zero-order valence-electron chi connectivity index (χ0n) is 11.0. The lowest BCUT2D eigenvalue weighted by Crippen LogP contribution is -1.93. The van der Waals surface area contributed by atoms with Gasteiger partial charge in [0.1, 0.15) is 5.75 Å². The zero-order valence-corrected chi connectivity index (χ0v) is 11.9. The van der Waals surface area contributed by atoms with E-state index in [1.54, 1.807) is 18.4 Å². The normalized spacial score (nSPS) is 10.2. The van der Waals surface area contributed by atoms with E-state index in [1.165, 1.54) is 5.56 Å². The Morgan fingerprint density at radius 3 is 2.55 bits per heavy atom. The standard InChI is InChI=1S/C16H14N2OS/c1-19-14-10-6-5-9-13(14)18-16-17-11-15(20-16)12-7-3-2-4-8-12/h2-11H,1H3,(H,17,18). The summed E-state index contributed by atoms with van der Waals surface area (Å²) in [7, 11) is 1.66. The summed E-state index contributed by atoms with van der Waals surface area (Å²) in [4.78, 5) is 5.56. The van der Waals surface area contributed by atoms with Crippen molar-refractivity contribution in [1.82, 2.24) is 4.98 Å². The Morgan fingerprint density at radius 2 is 1.75 bits per heavy atom. The van der Waals surface area contributed by atoms with Gasteiger partial charge in [-0.15, -0.1) is 0 Å². The maximum absolute atomic E-state index is 5.32. The largest absolute Gasteiger partial charge is 0.495 e. The van der Waals surface area contributed by atoms with Crippen molar-refractivity contribution in [3.8, 4) is 16.2 Å². The molecule has 0 amide bonds. The quantitative estimate of drug-likeness (QED) is 0.761. The van der Waals surface area contributed by atoms with Crippen LogP contribution >= 0.6 is 11.3 Å². The summed E-state index contributed by atoms with van der Waals surface area (Å²) < 4.78 is 5.32. The number of rotatable bonds is 4. The summed E-state index contributed by atoms with van der Waals surface area (Å²) in [5.74, 6) is 0.809. The van der Waals surface area contributed by atoms with Gasteiger partial charge in [0.05, 0.1) is 17.7 Å². The second-order valence-corrected chi connectivity index (χ2v) is 5.25. The van der Waals surface area contributed by atoms with Crippen molar-refractivity contribution < 1.29 is 4.74 Å². The van der Waals surface area contributed by atoms with Gasteiger partial charge in [-0.3, -0.25) is 0 Å². The summed E-state index contributed by atoms with van der Waals surface area (Å²) in [6, 6.07) is 18.1. The van der Waals surface area contributed by atoms with E-state index in [1.807, 2.05) is 48.7 Å². The molecule has 0 unspecified atom stereocenters. The number of hydrogen-bond acceptors (Lipinski definition) is 4. The molecule has 0 radical (unpaired) electrons. The monoisotopic (exact) mass is 282 g/mol. The van der Waals surface area contributed by atoms with Crippen LogP contribution in [0.5, 0.6) is 5.75 Å². The van der Waals surface area contributed by atoms with Gasteiger partial charge in [-0.2, -0.15) is 0 Å². The Bertz CT molecular complexity index is 694. The summed E-state index contributed by atoms with van der Waals surface area (Å²) in [6.07, 6.45) is 1.89. The molecule has 0 aliphatic heterocycles. The highest BCUT2D eigenvalue weighted by atomic mass is 32.1. The number of thiazole rings is 1. The molecule has 20 heavy (non-hydrogen) atoms. The van der Waals surface area contributed by atoms with E-state index < -0.39 is 0 Å². The maximum atomic E-state index is 5.32. The molecule has 0 aliphatic rings. The van der Waals surface area contributed by atoms with E-state index in [0.29, 0.717) is 0 Å². The number of hydrogen-bond donors (Lipinski definition) is 1. The van der Waals surface area contributed by atoms with Gasteiger partial charge < -0.3 is 10.1 Å². The lowest BCUT2D eigenvalue weighted by Gasteiger charge is -2.07. The van der Waals surface area contributed by atoms with Crippen molar-refractivity contribution >= 4 is 22.2 Å². The van der Waals surface area contributed by atoms with Crippen molar-refractivity contribution in [1.29, 1.82) is 0 Å². The molecule has 0 saturated heterocycles. The van der Waals surface area contributed by atoms with Gasteiger partial charge in [0.25, 0.3) is 0 Å². The SMILES string of the molecule is COc1ccccc1Nc1ncc(-c2ccccc2)s1. The predicted octanol–water partition coefficient (Wildman–Crippen LogP) is 4.56. The van der Waals surface area contributed by atoms with Crippen LogP contribution in [-0.4, -0.2) is 12.1 Å². The Kier molecular flexibility index (Phi) is 3.65. The Labute approximate surface area is 121 Å². The third-order valence-corrected chi connectivity index (χ3v) is 3.87. The lowest BCUT2D eigenvalue weighted by atomic mass is 10.2. The first-order chi connectivity index (χ1) is 9.86. The zero-order chi connectivity index (χ0) is 13.8. The first-order valence-corrected chi connectivity index (χ1v) is 7.10. The fourth-order valence-corrected chi connectivity index (χ4v) is 2.76. The van der Waals surface area contributed by atoms with Crippen LogP contribution in [-0.2, 0) is 0 Å². The minimum Gasteiger partial charge on any atom is -0.495 e. The summed E-state index contributed by atoms with van der Waals surface area (Å²) in [6.45, 7) is 0. The van der Waals surface area contributed by atoms with Crippen LogP contribution in [0, 0.1) is 0 Å². The van der Waals surface area contributed by atoms with Crippen LogP contribution < -0.4 is 10.1 Å². The van der Waals surface area contributed by atoms with Gasteiger partial charge in [0, 0.05) is 6.20 Å². The van der Waals surface area contributed by atoms with Crippen molar-refractivity contribution in [3.63, 3.8) is 0 Å². The molecule has 0 saturated carbocycles. The molecule has 0 bridgehead atoms. The highest BCUT2D eigenvalue weighted by Gasteiger charge is 2.06. The van der Waals surface area contributed by atoms with E-state index in [0.717, 1.165) is 21.4 Å². The van der Waals surface area contributed by atoms with Crippen LogP contribution in [0.15, 0.2) is 60.8 Å². The number of para-hydroxylation sites is 2. The molecule has 3 aromatic rings. The molecule has 2 aromatic carbocycles. The molecular weight excluding hydrogens is 268 g/mol. The maximum Gasteiger partial charge on any atom is 0.187 e. The van der Waals surface area contributed by atoms with Crippen molar-refractivity contribution in [2.24, 2.45) is 0 Å². The number of anilines is 2. The smallest absolute Gasteiger partial charge is 0.187 e. The Morgan fingerprint density at radius 1 is 1.00 bits per heavy atom. The van der Waals surface area contributed by atoms with Crippen LogP contribution in [0.1, 0.15) is 0 Å². The average Bonchev–Trinajstić information content (AvgIpc) is 2.97. The lowest BCUT2D eigenvalue weighted by molar-refractivity contribution is 0.417. The summed E-state index contributed by atoms with van der Waals surface area (Å²) in [5.41, 5.74) is 2.10. The highest BCUT2D eigenvalue weighted by molar-refractivity contribution is 7.18.